The lowest BCUT2D eigenvalue weighted by Crippen LogP contribution is -2.27. The van der Waals surface area contributed by atoms with E-state index in [1.54, 1.807) is 36.6 Å². The molecule has 0 radical (unpaired) electrons. The third-order valence-corrected chi connectivity index (χ3v) is 4.02. The Hall–Kier alpha value is -2.48. The lowest BCUT2D eigenvalue weighted by molar-refractivity contribution is -0.127. The summed E-state index contributed by atoms with van der Waals surface area (Å²) in [4.78, 5) is 13.7. The Morgan fingerprint density at radius 3 is 2.83 bits per heavy atom. The summed E-state index contributed by atoms with van der Waals surface area (Å²) in [6.45, 7) is 2.25. The highest BCUT2D eigenvalue weighted by molar-refractivity contribution is 7.99. The summed E-state index contributed by atoms with van der Waals surface area (Å²) >= 11 is 1.20. The topological polar surface area (TPSA) is 85.5 Å². The lowest BCUT2D eigenvalue weighted by Gasteiger charge is -2.14. The molecule has 0 aromatic carbocycles. The van der Waals surface area contributed by atoms with E-state index in [2.05, 4.69) is 10.2 Å². The number of amides is 1. The van der Waals surface area contributed by atoms with Gasteiger partial charge in [-0.15, -0.1) is 10.2 Å². The van der Waals surface area contributed by atoms with Crippen molar-refractivity contribution in [1.29, 1.82) is 0 Å². The van der Waals surface area contributed by atoms with Gasteiger partial charge in [0.1, 0.15) is 11.5 Å². The molecular formula is C15H15N3O4S. The average molecular weight is 333 g/mol. The first kappa shape index (κ1) is 15.4. The van der Waals surface area contributed by atoms with Crippen LogP contribution in [0.5, 0.6) is 0 Å². The van der Waals surface area contributed by atoms with Gasteiger partial charge in [-0.25, -0.2) is 0 Å². The number of carbonyl (C=O) groups excluding carboxylic acids is 1. The second kappa shape index (κ2) is 6.74. The van der Waals surface area contributed by atoms with Crippen LogP contribution in [0.4, 0.5) is 0 Å². The average Bonchev–Trinajstić information content (AvgIpc) is 3.26. The van der Waals surface area contributed by atoms with E-state index in [4.69, 9.17) is 13.3 Å². The predicted molar refractivity (Wildman–Crippen MR) is 82.6 cm³/mol. The summed E-state index contributed by atoms with van der Waals surface area (Å²) in [6, 6.07) is 5.38. The molecule has 0 unspecified atom stereocenters. The Morgan fingerprint density at radius 1 is 1.26 bits per heavy atom. The molecule has 0 aliphatic carbocycles. The van der Waals surface area contributed by atoms with Crippen LogP contribution in [0.2, 0.25) is 0 Å². The van der Waals surface area contributed by atoms with Crippen molar-refractivity contribution >= 4 is 17.7 Å². The fourth-order valence-corrected chi connectivity index (χ4v) is 2.65. The fourth-order valence-electron chi connectivity index (χ4n) is 1.94. The third-order valence-electron chi connectivity index (χ3n) is 3.21. The molecule has 0 saturated carbocycles. The molecule has 8 heteroatoms. The largest absolute Gasteiger partial charge is 0.469 e. The second-order valence-corrected chi connectivity index (χ2v) is 5.81. The van der Waals surface area contributed by atoms with Gasteiger partial charge in [0.2, 0.25) is 5.91 Å². The van der Waals surface area contributed by atoms with Crippen LogP contribution in [0.1, 0.15) is 11.5 Å². The molecule has 7 nitrogen and oxygen atoms in total. The summed E-state index contributed by atoms with van der Waals surface area (Å²) in [5.74, 6) is 1.99. The van der Waals surface area contributed by atoms with Crippen LogP contribution in [0, 0.1) is 6.92 Å². The van der Waals surface area contributed by atoms with Gasteiger partial charge in [0, 0.05) is 7.05 Å². The molecule has 0 fully saturated rings. The van der Waals surface area contributed by atoms with E-state index in [0.29, 0.717) is 23.4 Å². The van der Waals surface area contributed by atoms with Gasteiger partial charge in [0.05, 0.1) is 30.4 Å². The summed E-state index contributed by atoms with van der Waals surface area (Å²) in [5, 5.41) is 8.25. The van der Waals surface area contributed by atoms with Crippen LogP contribution in [0.15, 0.2) is 49.2 Å². The molecule has 1 amide bonds. The Morgan fingerprint density at radius 2 is 2.13 bits per heavy atom. The minimum absolute atomic E-state index is 0.0503. The second-order valence-electron chi connectivity index (χ2n) is 4.88. The highest BCUT2D eigenvalue weighted by atomic mass is 32.2. The highest BCUT2D eigenvalue weighted by Gasteiger charge is 2.16. The van der Waals surface area contributed by atoms with Crippen molar-refractivity contribution in [2.75, 3.05) is 12.8 Å². The Balaban J connectivity index is 1.55. The smallest absolute Gasteiger partial charge is 0.277 e. The van der Waals surface area contributed by atoms with Crippen molar-refractivity contribution in [3.8, 4) is 11.5 Å². The van der Waals surface area contributed by atoms with E-state index in [1.807, 2.05) is 13.0 Å². The summed E-state index contributed by atoms with van der Waals surface area (Å²) in [6.07, 6.45) is 3.15. The fraction of sp³-hybridized carbons (Fsp3) is 0.267. The molecule has 3 aromatic rings. The minimum Gasteiger partial charge on any atom is -0.469 e. The Bertz CT molecular complexity index is 778. The number of carbonyl (C=O) groups is 1. The zero-order valence-corrected chi connectivity index (χ0v) is 13.5. The van der Waals surface area contributed by atoms with Crippen LogP contribution in [-0.2, 0) is 11.3 Å². The minimum atomic E-state index is -0.0503. The molecule has 0 atom stereocenters. The molecule has 0 aliphatic rings. The molecule has 120 valence electrons. The van der Waals surface area contributed by atoms with Gasteiger partial charge in [-0.05, 0) is 25.1 Å². The summed E-state index contributed by atoms with van der Waals surface area (Å²) in [7, 11) is 1.72. The van der Waals surface area contributed by atoms with Gasteiger partial charge in [0.15, 0.2) is 0 Å². The molecule has 0 saturated heterocycles. The SMILES string of the molecule is Cc1occc1-c1nnc(SCC(=O)N(C)Cc2ccco2)o1. The van der Waals surface area contributed by atoms with E-state index in [9.17, 15) is 4.79 Å². The number of aromatic nitrogens is 2. The highest BCUT2D eigenvalue weighted by Crippen LogP contribution is 2.26. The van der Waals surface area contributed by atoms with Gasteiger partial charge in [-0.3, -0.25) is 4.79 Å². The molecule has 3 heterocycles. The van der Waals surface area contributed by atoms with Crippen molar-refractivity contribution in [3.63, 3.8) is 0 Å². The predicted octanol–water partition coefficient (Wildman–Crippen LogP) is 2.98. The van der Waals surface area contributed by atoms with E-state index >= 15 is 0 Å². The van der Waals surface area contributed by atoms with Gasteiger partial charge >= 0.3 is 0 Å². The maximum atomic E-state index is 12.1. The lowest BCUT2D eigenvalue weighted by atomic mass is 10.3. The number of furan rings is 2. The van der Waals surface area contributed by atoms with Gasteiger partial charge in [-0.1, -0.05) is 11.8 Å². The normalized spacial score (nSPS) is 10.9. The maximum Gasteiger partial charge on any atom is 0.277 e. The van der Waals surface area contributed by atoms with E-state index in [1.165, 1.54) is 11.8 Å². The molecule has 0 bridgehead atoms. The third kappa shape index (κ3) is 3.65. The number of rotatable bonds is 6. The number of thioether (sulfide) groups is 1. The molecule has 23 heavy (non-hydrogen) atoms. The van der Waals surface area contributed by atoms with E-state index in [-0.39, 0.29) is 11.7 Å². The van der Waals surface area contributed by atoms with Crippen LogP contribution in [0.3, 0.4) is 0 Å². The van der Waals surface area contributed by atoms with Crippen molar-refractivity contribution in [2.24, 2.45) is 0 Å². The number of aryl methyl sites for hydroxylation is 1. The van der Waals surface area contributed by atoms with Crippen molar-refractivity contribution < 1.29 is 18.0 Å². The van der Waals surface area contributed by atoms with Crippen LogP contribution in [-0.4, -0.2) is 33.8 Å². The van der Waals surface area contributed by atoms with Crippen molar-refractivity contribution in [3.05, 3.63) is 42.2 Å². The summed E-state index contributed by atoms with van der Waals surface area (Å²) in [5.41, 5.74) is 0.755. The quantitative estimate of drug-likeness (QED) is 0.641. The van der Waals surface area contributed by atoms with Crippen LogP contribution < -0.4 is 0 Å². The summed E-state index contributed by atoms with van der Waals surface area (Å²) < 4.78 is 16.0. The number of nitrogens with zero attached hydrogens (tertiary/aromatic N) is 3. The number of hydrogen-bond acceptors (Lipinski definition) is 7. The molecule has 3 rings (SSSR count). The molecular weight excluding hydrogens is 318 g/mol. The first-order valence-corrected chi connectivity index (χ1v) is 7.89. The van der Waals surface area contributed by atoms with Gasteiger partial charge in [0.25, 0.3) is 11.1 Å². The standard InChI is InChI=1S/C15H15N3O4S/c1-10-12(5-7-20-10)14-16-17-15(22-14)23-9-13(19)18(2)8-11-4-3-6-21-11/h3-7H,8-9H2,1-2H3. The molecule has 0 N–H and O–H groups in total. The first-order chi connectivity index (χ1) is 11.1. The Labute approximate surface area is 136 Å². The maximum absolute atomic E-state index is 12.1. The first-order valence-electron chi connectivity index (χ1n) is 6.90. The van der Waals surface area contributed by atoms with Crippen molar-refractivity contribution in [2.45, 2.75) is 18.7 Å². The zero-order chi connectivity index (χ0) is 16.2. The van der Waals surface area contributed by atoms with Crippen molar-refractivity contribution in [1.82, 2.24) is 15.1 Å². The molecule has 3 aromatic heterocycles. The molecule has 0 spiro atoms. The number of hydrogen-bond donors (Lipinski definition) is 0. The van der Waals surface area contributed by atoms with E-state index < -0.39 is 0 Å². The van der Waals surface area contributed by atoms with Crippen LogP contribution >= 0.6 is 11.8 Å². The molecule has 0 aliphatic heterocycles. The Kier molecular flexibility index (Phi) is 4.52. The van der Waals surface area contributed by atoms with Gasteiger partial charge in [-0.2, -0.15) is 0 Å². The monoisotopic (exact) mass is 333 g/mol. The van der Waals surface area contributed by atoms with Crippen LogP contribution in [0.25, 0.3) is 11.5 Å². The van der Waals surface area contributed by atoms with Gasteiger partial charge < -0.3 is 18.2 Å². The van der Waals surface area contributed by atoms with E-state index in [0.717, 1.165) is 11.3 Å². The zero-order valence-electron chi connectivity index (χ0n) is 12.7.